The van der Waals surface area contributed by atoms with Crippen LogP contribution in [-0.4, -0.2) is 40.2 Å². The number of anilines is 1. The van der Waals surface area contributed by atoms with Crippen molar-refractivity contribution in [3.63, 3.8) is 0 Å². The molecule has 0 aliphatic rings. The molecule has 0 bridgehead atoms. The molecule has 0 saturated carbocycles. The van der Waals surface area contributed by atoms with Crippen LogP contribution in [-0.2, 0) is 22.6 Å². The van der Waals surface area contributed by atoms with Crippen molar-refractivity contribution in [3.8, 4) is 5.75 Å². The van der Waals surface area contributed by atoms with E-state index < -0.39 is 11.8 Å². The van der Waals surface area contributed by atoms with E-state index in [2.05, 4.69) is 20.7 Å². The minimum absolute atomic E-state index is 0.370. The van der Waals surface area contributed by atoms with Crippen molar-refractivity contribution in [2.45, 2.75) is 13.0 Å². The first-order valence-corrected chi connectivity index (χ1v) is 8.77. The molecule has 8 nitrogen and oxygen atoms in total. The Balaban J connectivity index is 1.43. The first kappa shape index (κ1) is 19.1. The highest BCUT2D eigenvalue weighted by Gasteiger charge is 2.13. The number of hydrogen-bond acceptors (Lipinski definition) is 5. The van der Waals surface area contributed by atoms with Gasteiger partial charge in [0.05, 0.1) is 13.7 Å². The molecule has 0 spiro atoms. The Hall–Kier alpha value is -3.68. The van der Waals surface area contributed by atoms with Crippen molar-refractivity contribution < 1.29 is 14.3 Å². The number of carbonyl (C=O) groups excluding carboxylic acids is 2. The fourth-order valence-corrected chi connectivity index (χ4v) is 2.58. The van der Waals surface area contributed by atoms with Gasteiger partial charge in [0.2, 0.25) is 0 Å². The van der Waals surface area contributed by atoms with Crippen LogP contribution in [0.3, 0.4) is 0 Å². The first-order chi connectivity index (χ1) is 13.6. The van der Waals surface area contributed by atoms with Gasteiger partial charge >= 0.3 is 11.8 Å². The zero-order valence-electron chi connectivity index (χ0n) is 15.5. The lowest BCUT2D eigenvalue weighted by atomic mass is 10.1. The number of hydrogen-bond donors (Lipinski definition) is 2. The molecular weight excluding hydrogens is 358 g/mol. The third-order valence-electron chi connectivity index (χ3n) is 4.09. The lowest BCUT2D eigenvalue weighted by molar-refractivity contribution is -0.136. The van der Waals surface area contributed by atoms with E-state index in [4.69, 9.17) is 4.74 Å². The second-order valence-electron chi connectivity index (χ2n) is 6.10. The highest BCUT2D eigenvalue weighted by molar-refractivity contribution is 6.39. The molecular formula is C20H21N5O3. The number of benzene rings is 2. The van der Waals surface area contributed by atoms with Gasteiger partial charge in [0.15, 0.2) is 0 Å². The van der Waals surface area contributed by atoms with E-state index in [0.29, 0.717) is 25.2 Å². The Kier molecular flexibility index (Phi) is 6.35. The molecule has 1 heterocycles. The van der Waals surface area contributed by atoms with Gasteiger partial charge in [-0.3, -0.25) is 9.59 Å². The van der Waals surface area contributed by atoms with E-state index in [0.717, 1.165) is 16.9 Å². The maximum absolute atomic E-state index is 12.0. The quantitative estimate of drug-likeness (QED) is 0.608. The van der Waals surface area contributed by atoms with Gasteiger partial charge in [0, 0.05) is 12.2 Å². The average Bonchev–Trinajstić information content (AvgIpc) is 3.23. The summed E-state index contributed by atoms with van der Waals surface area (Å²) in [6.07, 6.45) is 3.73. The van der Waals surface area contributed by atoms with Gasteiger partial charge in [0.1, 0.15) is 18.4 Å². The van der Waals surface area contributed by atoms with E-state index in [1.807, 2.05) is 36.4 Å². The molecule has 2 amide bonds. The number of aromatic nitrogens is 3. The molecule has 3 rings (SSSR count). The van der Waals surface area contributed by atoms with Crippen LogP contribution in [0, 0.1) is 0 Å². The van der Waals surface area contributed by atoms with E-state index >= 15 is 0 Å². The minimum atomic E-state index is -0.696. The summed E-state index contributed by atoms with van der Waals surface area (Å²) in [4.78, 5) is 27.9. The van der Waals surface area contributed by atoms with E-state index in [-0.39, 0.29) is 0 Å². The molecule has 8 heteroatoms. The summed E-state index contributed by atoms with van der Waals surface area (Å²) >= 11 is 0. The minimum Gasteiger partial charge on any atom is -0.497 e. The van der Waals surface area contributed by atoms with E-state index in [1.165, 1.54) is 6.33 Å². The predicted molar refractivity (Wildman–Crippen MR) is 104 cm³/mol. The molecule has 2 aromatic carbocycles. The SMILES string of the molecule is COc1ccc(CCNC(=O)C(=O)Nc2ccc(Cn3cncn3)cc2)cc1. The number of ether oxygens (including phenoxy) is 1. The summed E-state index contributed by atoms with van der Waals surface area (Å²) in [5.41, 5.74) is 2.61. The van der Waals surface area contributed by atoms with Gasteiger partial charge in [-0.15, -0.1) is 0 Å². The Morgan fingerprint density at radius 1 is 1.00 bits per heavy atom. The Bertz CT molecular complexity index is 906. The molecule has 1 aromatic heterocycles. The van der Waals surface area contributed by atoms with Crippen molar-refractivity contribution in [2.24, 2.45) is 0 Å². The summed E-state index contributed by atoms with van der Waals surface area (Å²) in [6.45, 7) is 0.954. The van der Waals surface area contributed by atoms with Crippen molar-refractivity contribution >= 4 is 17.5 Å². The van der Waals surface area contributed by atoms with Gasteiger partial charge in [-0.25, -0.2) is 9.67 Å². The highest BCUT2D eigenvalue weighted by Crippen LogP contribution is 2.12. The summed E-state index contributed by atoms with van der Waals surface area (Å²) < 4.78 is 6.80. The van der Waals surface area contributed by atoms with Gasteiger partial charge in [-0.05, 0) is 41.8 Å². The fraction of sp³-hybridized carbons (Fsp3) is 0.200. The summed E-state index contributed by atoms with van der Waals surface area (Å²) in [6, 6.07) is 14.8. The van der Waals surface area contributed by atoms with Crippen LogP contribution in [0.1, 0.15) is 11.1 Å². The average molecular weight is 379 g/mol. The van der Waals surface area contributed by atoms with Gasteiger partial charge in [-0.1, -0.05) is 24.3 Å². The zero-order valence-corrected chi connectivity index (χ0v) is 15.5. The number of nitrogens with one attached hydrogen (secondary N) is 2. The van der Waals surface area contributed by atoms with E-state index in [1.54, 1.807) is 30.3 Å². The number of methoxy groups -OCH3 is 1. The van der Waals surface area contributed by atoms with Crippen molar-refractivity contribution in [1.82, 2.24) is 20.1 Å². The van der Waals surface area contributed by atoms with Crippen LogP contribution in [0.15, 0.2) is 61.2 Å². The molecule has 2 N–H and O–H groups in total. The number of rotatable bonds is 7. The molecule has 0 unspecified atom stereocenters. The van der Waals surface area contributed by atoms with Crippen LogP contribution < -0.4 is 15.4 Å². The molecule has 0 radical (unpaired) electrons. The van der Waals surface area contributed by atoms with Crippen molar-refractivity contribution in [2.75, 3.05) is 19.0 Å². The van der Waals surface area contributed by atoms with Crippen LogP contribution in [0.25, 0.3) is 0 Å². The van der Waals surface area contributed by atoms with Crippen LogP contribution in [0.4, 0.5) is 5.69 Å². The number of nitrogens with zero attached hydrogens (tertiary/aromatic N) is 3. The number of carbonyl (C=O) groups is 2. The fourth-order valence-electron chi connectivity index (χ4n) is 2.58. The summed E-state index contributed by atoms with van der Waals surface area (Å²) in [5.74, 6) is -0.585. The van der Waals surface area contributed by atoms with E-state index in [9.17, 15) is 9.59 Å². The van der Waals surface area contributed by atoms with Crippen molar-refractivity contribution in [1.29, 1.82) is 0 Å². The third kappa shape index (κ3) is 5.41. The van der Waals surface area contributed by atoms with Crippen LogP contribution in [0.2, 0.25) is 0 Å². The topological polar surface area (TPSA) is 98.1 Å². The molecule has 0 saturated heterocycles. The predicted octanol–water partition coefficient (Wildman–Crippen LogP) is 1.63. The van der Waals surface area contributed by atoms with Crippen molar-refractivity contribution in [3.05, 3.63) is 72.3 Å². The lowest BCUT2D eigenvalue weighted by Gasteiger charge is -2.08. The standard InChI is InChI=1S/C20H21N5O3/c1-28-18-8-4-15(5-9-18)10-11-22-19(26)20(27)24-17-6-2-16(3-7-17)12-25-14-21-13-23-25/h2-9,13-14H,10-12H2,1H3,(H,22,26)(H,24,27). The van der Waals surface area contributed by atoms with Gasteiger partial charge in [0.25, 0.3) is 0 Å². The molecule has 28 heavy (non-hydrogen) atoms. The Morgan fingerprint density at radius 2 is 1.71 bits per heavy atom. The lowest BCUT2D eigenvalue weighted by Crippen LogP contribution is -2.36. The second kappa shape index (κ2) is 9.31. The smallest absolute Gasteiger partial charge is 0.313 e. The first-order valence-electron chi connectivity index (χ1n) is 8.77. The molecule has 3 aromatic rings. The molecule has 0 atom stereocenters. The maximum Gasteiger partial charge on any atom is 0.313 e. The maximum atomic E-state index is 12.0. The zero-order chi connectivity index (χ0) is 19.8. The third-order valence-corrected chi connectivity index (χ3v) is 4.09. The summed E-state index contributed by atoms with van der Waals surface area (Å²) in [5, 5.41) is 9.25. The number of amides is 2. The normalized spacial score (nSPS) is 10.3. The molecule has 0 aliphatic heterocycles. The largest absolute Gasteiger partial charge is 0.497 e. The molecule has 0 fully saturated rings. The molecule has 0 aliphatic carbocycles. The van der Waals surface area contributed by atoms with Crippen LogP contribution >= 0.6 is 0 Å². The Labute approximate surface area is 162 Å². The van der Waals surface area contributed by atoms with Gasteiger partial charge in [-0.2, -0.15) is 5.10 Å². The van der Waals surface area contributed by atoms with Gasteiger partial charge < -0.3 is 15.4 Å². The Morgan fingerprint density at radius 3 is 2.36 bits per heavy atom. The molecule has 144 valence electrons. The monoisotopic (exact) mass is 379 g/mol. The highest BCUT2D eigenvalue weighted by atomic mass is 16.5. The summed E-state index contributed by atoms with van der Waals surface area (Å²) in [7, 11) is 1.61. The second-order valence-corrected chi connectivity index (χ2v) is 6.10. The van der Waals surface area contributed by atoms with Crippen LogP contribution in [0.5, 0.6) is 5.75 Å².